The van der Waals surface area contributed by atoms with E-state index >= 15 is 0 Å². The van der Waals surface area contributed by atoms with Crippen LogP contribution in [0.15, 0.2) is 36.7 Å². The summed E-state index contributed by atoms with van der Waals surface area (Å²) in [6.45, 7) is 4.77. The lowest BCUT2D eigenvalue weighted by Gasteiger charge is -2.27. The number of hydrogen-bond acceptors (Lipinski definition) is 6. The number of alkyl halides is 3. The number of hydrogen-bond donors (Lipinski definition) is 3. The van der Waals surface area contributed by atoms with Gasteiger partial charge in [-0.25, -0.2) is 4.98 Å². The average Bonchev–Trinajstić information content (AvgIpc) is 3.24. The summed E-state index contributed by atoms with van der Waals surface area (Å²) in [7, 11) is 0. The minimum absolute atomic E-state index is 0.176. The number of aliphatic hydroxyl groups is 1. The van der Waals surface area contributed by atoms with E-state index < -0.39 is 12.6 Å². The summed E-state index contributed by atoms with van der Waals surface area (Å²) in [5.41, 5.74) is 4.03. The first-order chi connectivity index (χ1) is 17.4. The molecule has 0 bridgehead atoms. The molecule has 3 heterocycles. The van der Waals surface area contributed by atoms with Crippen LogP contribution in [-0.2, 0) is 6.54 Å². The minimum atomic E-state index is -4.23. The molecule has 1 aliphatic carbocycles. The molecule has 2 aliphatic rings. The number of halogens is 3. The molecule has 36 heavy (non-hydrogen) atoms. The maximum absolute atomic E-state index is 12.6. The van der Waals surface area contributed by atoms with Crippen LogP contribution in [-0.4, -0.2) is 69.5 Å². The molecule has 5 rings (SSSR count). The Kier molecular flexibility index (Phi) is 7.45. The van der Waals surface area contributed by atoms with Crippen molar-refractivity contribution in [3.8, 4) is 11.1 Å². The fourth-order valence-corrected chi connectivity index (χ4v) is 5.19. The van der Waals surface area contributed by atoms with Gasteiger partial charge in [-0.1, -0.05) is 24.3 Å². The van der Waals surface area contributed by atoms with Crippen LogP contribution >= 0.6 is 0 Å². The molecule has 1 aromatic carbocycles. The van der Waals surface area contributed by atoms with Gasteiger partial charge in [0.15, 0.2) is 0 Å². The zero-order chi connectivity index (χ0) is 25.1. The number of aliphatic hydroxyl groups excluding tert-OH is 1. The second-order valence-corrected chi connectivity index (χ2v) is 9.86. The Morgan fingerprint density at radius 3 is 2.47 bits per heavy atom. The predicted molar refractivity (Wildman–Crippen MR) is 134 cm³/mol. The van der Waals surface area contributed by atoms with Crippen molar-refractivity contribution in [3.05, 3.63) is 42.2 Å². The molecule has 1 saturated heterocycles. The van der Waals surface area contributed by atoms with Crippen LogP contribution in [0, 0.1) is 0 Å². The van der Waals surface area contributed by atoms with Crippen LogP contribution in [0.2, 0.25) is 0 Å². The fraction of sp³-hybridized carbons (Fsp3) is 0.538. The highest BCUT2D eigenvalue weighted by molar-refractivity contribution is 5.94. The smallest absolute Gasteiger partial charge is 0.390 e. The Hall–Kier alpha value is -2.69. The summed E-state index contributed by atoms with van der Waals surface area (Å²) in [6.07, 6.45) is 1.45. The molecule has 3 aromatic rings. The zero-order valence-corrected chi connectivity index (χ0v) is 20.3. The lowest BCUT2D eigenvalue weighted by Crippen LogP contribution is -2.42. The van der Waals surface area contributed by atoms with E-state index in [-0.39, 0.29) is 24.6 Å². The van der Waals surface area contributed by atoms with Crippen LogP contribution in [0.5, 0.6) is 0 Å². The lowest BCUT2D eigenvalue weighted by molar-refractivity contribution is -0.131. The third-order valence-corrected chi connectivity index (χ3v) is 7.20. The quantitative estimate of drug-likeness (QED) is 0.446. The number of benzene rings is 1. The highest BCUT2D eigenvalue weighted by atomic mass is 19.4. The predicted octanol–water partition coefficient (Wildman–Crippen LogP) is 4.34. The van der Waals surface area contributed by atoms with Crippen molar-refractivity contribution in [1.29, 1.82) is 0 Å². The second kappa shape index (κ2) is 10.7. The number of nitrogens with one attached hydrogen (secondary N) is 2. The first-order valence-corrected chi connectivity index (χ1v) is 12.7. The van der Waals surface area contributed by atoms with Crippen LogP contribution in [0.25, 0.3) is 22.2 Å². The summed E-state index contributed by atoms with van der Waals surface area (Å²) in [5.74, 6) is 0.194. The van der Waals surface area contributed by atoms with E-state index in [9.17, 15) is 18.3 Å². The number of aromatic nitrogens is 3. The molecule has 0 unspecified atom stereocenters. The molecule has 1 saturated carbocycles. The van der Waals surface area contributed by atoms with Crippen LogP contribution in [0.1, 0.15) is 43.7 Å². The van der Waals surface area contributed by atoms with Crippen molar-refractivity contribution in [2.24, 2.45) is 0 Å². The van der Waals surface area contributed by atoms with Crippen molar-refractivity contribution in [3.63, 3.8) is 0 Å². The molecule has 194 valence electrons. The van der Waals surface area contributed by atoms with E-state index in [1.807, 2.05) is 0 Å². The number of fused-ring (bicyclic) bond motifs is 1. The maximum Gasteiger partial charge on any atom is 0.390 e. The summed E-state index contributed by atoms with van der Waals surface area (Å²) >= 11 is 0. The Labute approximate surface area is 208 Å². The molecule has 0 amide bonds. The van der Waals surface area contributed by atoms with E-state index in [0.29, 0.717) is 5.65 Å². The first kappa shape index (κ1) is 25.0. The molecule has 2 aromatic heterocycles. The summed E-state index contributed by atoms with van der Waals surface area (Å²) in [6, 6.07) is 8.74. The molecule has 0 atom stereocenters. The number of rotatable bonds is 7. The van der Waals surface area contributed by atoms with Gasteiger partial charge < -0.3 is 20.3 Å². The Morgan fingerprint density at radius 2 is 1.78 bits per heavy atom. The number of anilines is 1. The van der Waals surface area contributed by atoms with E-state index in [1.54, 1.807) is 6.20 Å². The van der Waals surface area contributed by atoms with E-state index in [2.05, 4.69) is 60.5 Å². The molecular formula is C26H33F3N6O. The molecule has 7 nitrogen and oxygen atoms in total. The van der Waals surface area contributed by atoms with Crippen molar-refractivity contribution >= 4 is 17.0 Å². The zero-order valence-electron chi connectivity index (χ0n) is 20.3. The first-order valence-electron chi connectivity index (χ1n) is 12.7. The van der Waals surface area contributed by atoms with E-state index in [0.717, 1.165) is 74.9 Å². The largest absolute Gasteiger partial charge is 0.393 e. The van der Waals surface area contributed by atoms with E-state index in [4.69, 9.17) is 0 Å². The average molecular weight is 503 g/mol. The molecule has 2 fully saturated rings. The van der Waals surface area contributed by atoms with Crippen LogP contribution in [0.4, 0.5) is 19.1 Å². The third kappa shape index (κ3) is 5.99. The summed E-state index contributed by atoms with van der Waals surface area (Å²) < 4.78 is 39.9. The monoisotopic (exact) mass is 502 g/mol. The minimum Gasteiger partial charge on any atom is -0.393 e. The van der Waals surface area contributed by atoms with Gasteiger partial charge in [0.1, 0.15) is 5.65 Å². The highest BCUT2D eigenvalue weighted by Crippen LogP contribution is 2.37. The van der Waals surface area contributed by atoms with Gasteiger partial charge in [-0.05, 0) is 36.8 Å². The lowest BCUT2D eigenvalue weighted by atomic mass is 9.93. The molecule has 0 spiro atoms. The Morgan fingerprint density at radius 1 is 1.06 bits per heavy atom. The van der Waals surface area contributed by atoms with Gasteiger partial charge in [0, 0.05) is 68.7 Å². The van der Waals surface area contributed by atoms with Crippen molar-refractivity contribution < 1.29 is 18.3 Å². The van der Waals surface area contributed by atoms with Crippen LogP contribution in [0.3, 0.4) is 0 Å². The van der Waals surface area contributed by atoms with E-state index in [1.165, 1.54) is 5.56 Å². The van der Waals surface area contributed by atoms with Crippen molar-refractivity contribution in [2.75, 3.05) is 38.0 Å². The number of nitrogens with zero attached hydrogens (tertiary/aromatic N) is 4. The number of piperazine rings is 1. The Bertz CT molecular complexity index is 1150. The maximum atomic E-state index is 12.6. The van der Waals surface area contributed by atoms with Crippen LogP contribution < -0.4 is 10.6 Å². The van der Waals surface area contributed by atoms with Gasteiger partial charge in [-0.2, -0.15) is 18.2 Å². The van der Waals surface area contributed by atoms with Gasteiger partial charge in [0.25, 0.3) is 0 Å². The standard InChI is InChI=1S/C26H33F3N6O/c27-26(28,29)9-10-31-25-32-15-22-23(17-35(24(22)33-25)20-5-7-21(36)8-6-20)19-3-1-18(2-4-19)16-34-13-11-30-12-14-34/h1-4,15,17,20-21,30,36H,5-14,16H2,(H,31,32,33)/t20-,21-. The van der Waals surface area contributed by atoms with Gasteiger partial charge in [0.2, 0.25) is 5.95 Å². The molecule has 1 aliphatic heterocycles. The van der Waals surface area contributed by atoms with Crippen molar-refractivity contribution in [1.82, 2.24) is 24.8 Å². The highest BCUT2D eigenvalue weighted by Gasteiger charge is 2.27. The second-order valence-electron chi connectivity index (χ2n) is 9.86. The van der Waals surface area contributed by atoms with Gasteiger partial charge in [0.05, 0.1) is 12.5 Å². The molecule has 3 N–H and O–H groups in total. The third-order valence-electron chi connectivity index (χ3n) is 7.20. The SMILES string of the molecule is O[C@H]1CC[C@H](n2cc(-c3ccc(CN4CCNCC4)cc3)c3cnc(NCCC(F)(F)F)nc32)CC1. The van der Waals surface area contributed by atoms with Gasteiger partial charge in [-0.15, -0.1) is 0 Å². The molecule has 0 radical (unpaired) electrons. The summed E-state index contributed by atoms with van der Waals surface area (Å²) in [4.78, 5) is 11.4. The van der Waals surface area contributed by atoms with Crippen molar-refractivity contribution in [2.45, 2.75) is 57.0 Å². The molecular weight excluding hydrogens is 469 g/mol. The summed E-state index contributed by atoms with van der Waals surface area (Å²) in [5, 5.41) is 16.9. The normalized spacial score (nSPS) is 21.7. The molecule has 10 heteroatoms. The van der Waals surface area contributed by atoms with Gasteiger partial charge >= 0.3 is 6.18 Å². The fourth-order valence-electron chi connectivity index (χ4n) is 5.19. The van der Waals surface area contributed by atoms with Gasteiger partial charge in [-0.3, -0.25) is 4.90 Å². The Balaban J connectivity index is 1.42. The topological polar surface area (TPSA) is 78.2 Å².